The van der Waals surface area contributed by atoms with E-state index < -0.39 is 10.0 Å². The summed E-state index contributed by atoms with van der Waals surface area (Å²) >= 11 is 1.59. The SMILES string of the molecule is CCSc1nnc(-c2ccccc2)n1-c1ccc(S(=O)(=O)N(Cc2ccccc2)Cc2ccccc2)cc1. The highest BCUT2D eigenvalue weighted by atomic mass is 32.2. The fourth-order valence-electron chi connectivity index (χ4n) is 4.22. The van der Waals surface area contributed by atoms with E-state index in [1.165, 1.54) is 4.31 Å². The monoisotopic (exact) mass is 540 g/mol. The van der Waals surface area contributed by atoms with Gasteiger partial charge < -0.3 is 0 Å². The van der Waals surface area contributed by atoms with Crippen molar-refractivity contribution in [3.8, 4) is 17.1 Å². The fourth-order valence-corrected chi connectivity index (χ4v) is 6.31. The first-order valence-electron chi connectivity index (χ1n) is 12.4. The van der Waals surface area contributed by atoms with Crippen molar-refractivity contribution < 1.29 is 8.42 Å². The van der Waals surface area contributed by atoms with Gasteiger partial charge in [0.15, 0.2) is 11.0 Å². The number of aromatic nitrogens is 3. The van der Waals surface area contributed by atoms with Gasteiger partial charge in [-0.3, -0.25) is 4.57 Å². The zero-order valence-corrected chi connectivity index (χ0v) is 22.6. The van der Waals surface area contributed by atoms with Gasteiger partial charge in [-0.05, 0) is 41.1 Å². The molecule has 5 rings (SSSR count). The Morgan fingerprint density at radius 2 is 1.24 bits per heavy atom. The Morgan fingerprint density at radius 1 is 0.711 bits per heavy atom. The number of benzene rings is 4. The first-order chi connectivity index (χ1) is 18.6. The van der Waals surface area contributed by atoms with Crippen LogP contribution in [0.2, 0.25) is 0 Å². The smallest absolute Gasteiger partial charge is 0.243 e. The predicted molar refractivity (Wildman–Crippen MR) is 153 cm³/mol. The molecule has 192 valence electrons. The third-order valence-corrected chi connectivity index (χ3v) is 8.69. The maximum absolute atomic E-state index is 13.9. The average molecular weight is 541 g/mol. The van der Waals surface area contributed by atoms with E-state index in [0.717, 1.165) is 33.3 Å². The molecular weight excluding hydrogens is 512 g/mol. The second-order valence-corrected chi connectivity index (χ2v) is 11.8. The number of nitrogens with zero attached hydrogens (tertiary/aromatic N) is 4. The van der Waals surface area contributed by atoms with Gasteiger partial charge in [0.2, 0.25) is 10.0 Å². The zero-order chi connectivity index (χ0) is 26.4. The summed E-state index contributed by atoms with van der Waals surface area (Å²) in [5, 5.41) is 9.60. The van der Waals surface area contributed by atoms with Crippen molar-refractivity contribution in [2.75, 3.05) is 5.75 Å². The largest absolute Gasteiger partial charge is 0.270 e. The Morgan fingerprint density at radius 3 is 1.76 bits per heavy atom. The first-order valence-corrected chi connectivity index (χ1v) is 14.8. The van der Waals surface area contributed by atoms with Crippen molar-refractivity contribution in [1.29, 1.82) is 0 Å². The summed E-state index contributed by atoms with van der Waals surface area (Å²) < 4.78 is 31.3. The molecule has 0 unspecified atom stereocenters. The van der Waals surface area contributed by atoms with Crippen molar-refractivity contribution in [2.24, 2.45) is 0 Å². The number of thioether (sulfide) groups is 1. The van der Waals surface area contributed by atoms with Crippen LogP contribution in [0.25, 0.3) is 17.1 Å². The van der Waals surface area contributed by atoms with Crippen molar-refractivity contribution in [2.45, 2.75) is 30.1 Å². The third kappa shape index (κ3) is 5.72. The summed E-state index contributed by atoms with van der Waals surface area (Å²) in [5.74, 6) is 1.56. The van der Waals surface area contributed by atoms with Crippen molar-refractivity contribution in [3.05, 3.63) is 126 Å². The quantitative estimate of drug-likeness (QED) is 0.191. The molecule has 0 atom stereocenters. The first kappa shape index (κ1) is 25.9. The van der Waals surface area contributed by atoms with Gasteiger partial charge in [-0.1, -0.05) is 110 Å². The highest BCUT2D eigenvalue weighted by Crippen LogP contribution is 2.29. The Kier molecular flexibility index (Phi) is 8.03. The van der Waals surface area contributed by atoms with E-state index in [-0.39, 0.29) is 18.0 Å². The van der Waals surface area contributed by atoms with Gasteiger partial charge in [0.25, 0.3) is 0 Å². The maximum atomic E-state index is 13.9. The van der Waals surface area contributed by atoms with Gasteiger partial charge in [0, 0.05) is 24.3 Å². The molecule has 1 heterocycles. The standard InChI is InChI=1S/C30H28N4O2S2/c1-2-37-30-32-31-29(26-16-10-5-11-17-26)34(30)27-18-20-28(21-19-27)38(35,36)33(22-24-12-6-3-7-13-24)23-25-14-8-4-9-15-25/h3-21H,2,22-23H2,1H3. The Labute approximate surface area is 228 Å². The molecule has 0 bridgehead atoms. The van der Waals surface area contributed by atoms with E-state index in [0.29, 0.717) is 5.82 Å². The molecule has 0 aliphatic carbocycles. The molecule has 0 saturated carbocycles. The highest BCUT2D eigenvalue weighted by molar-refractivity contribution is 7.99. The second-order valence-electron chi connectivity index (χ2n) is 8.68. The number of sulfonamides is 1. The van der Waals surface area contributed by atoms with Crippen LogP contribution >= 0.6 is 11.8 Å². The third-order valence-electron chi connectivity index (χ3n) is 6.07. The predicted octanol–water partition coefficient (Wildman–Crippen LogP) is 6.44. The van der Waals surface area contributed by atoms with Crippen molar-refractivity contribution >= 4 is 21.8 Å². The van der Waals surface area contributed by atoms with Crippen LogP contribution in [0, 0.1) is 0 Å². The molecule has 0 fully saturated rings. The molecular formula is C30H28N4O2S2. The number of hydrogen-bond acceptors (Lipinski definition) is 5. The lowest BCUT2D eigenvalue weighted by Gasteiger charge is -2.23. The highest BCUT2D eigenvalue weighted by Gasteiger charge is 2.25. The number of hydrogen-bond donors (Lipinski definition) is 0. The van der Waals surface area contributed by atoms with E-state index in [1.54, 1.807) is 23.9 Å². The second kappa shape index (κ2) is 11.8. The lowest BCUT2D eigenvalue weighted by molar-refractivity contribution is 0.401. The Balaban J connectivity index is 1.50. The summed E-state index contributed by atoms with van der Waals surface area (Å²) in [6.07, 6.45) is 0. The zero-order valence-electron chi connectivity index (χ0n) is 21.0. The molecule has 5 aromatic rings. The topological polar surface area (TPSA) is 68.1 Å². The van der Waals surface area contributed by atoms with Gasteiger partial charge in [0.1, 0.15) is 0 Å². The molecule has 4 aromatic carbocycles. The summed E-state index contributed by atoms with van der Waals surface area (Å²) in [6, 6.07) is 36.2. The molecule has 0 aliphatic rings. The van der Waals surface area contributed by atoms with Crippen LogP contribution in [0.15, 0.2) is 125 Å². The van der Waals surface area contributed by atoms with Crippen LogP contribution in [0.3, 0.4) is 0 Å². The molecule has 0 saturated heterocycles. The van der Waals surface area contributed by atoms with Crippen LogP contribution in [0.5, 0.6) is 0 Å². The van der Waals surface area contributed by atoms with Gasteiger partial charge in [-0.2, -0.15) is 4.31 Å². The van der Waals surface area contributed by atoms with Gasteiger partial charge >= 0.3 is 0 Å². The molecule has 0 amide bonds. The Bertz CT molecular complexity index is 1530. The minimum absolute atomic E-state index is 0.243. The van der Waals surface area contributed by atoms with Crippen molar-refractivity contribution in [3.63, 3.8) is 0 Å². The van der Waals surface area contributed by atoms with Gasteiger partial charge in [-0.15, -0.1) is 10.2 Å². The molecule has 0 radical (unpaired) electrons. The maximum Gasteiger partial charge on any atom is 0.243 e. The van der Waals surface area contributed by atoms with Crippen LogP contribution in [-0.2, 0) is 23.1 Å². The molecule has 38 heavy (non-hydrogen) atoms. The normalized spacial score (nSPS) is 11.6. The minimum atomic E-state index is -3.78. The van der Waals surface area contributed by atoms with E-state index in [2.05, 4.69) is 17.1 Å². The fraction of sp³-hybridized carbons (Fsp3) is 0.133. The summed E-state index contributed by atoms with van der Waals surface area (Å²) in [5.41, 5.74) is 3.61. The lowest BCUT2D eigenvalue weighted by atomic mass is 10.2. The van der Waals surface area contributed by atoms with E-state index in [9.17, 15) is 8.42 Å². The molecule has 6 nitrogen and oxygen atoms in total. The van der Waals surface area contributed by atoms with E-state index in [1.807, 2.05) is 108 Å². The molecule has 0 N–H and O–H groups in total. The summed E-state index contributed by atoms with van der Waals surface area (Å²) in [6.45, 7) is 2.62. The minimum Gasteiger partial charge on any atom is -0.270 e. The van der Waals surface area contributed by atoms with Crippen molar-refractivity contribution in [1.82, 2.24) is 19.1 Å². The van der Waals surface area contributed by atoms with Crippen LogP contribution in [0.1, 0.15) is 18.1 Å². The Hall–Kier alpha value is -3.72. The van der Waals surface area contributed by atoms with Gasteiger partial charge in [0.05, 0.1) is 4.90 Å². The summed E-state index contributed by atoms with van der Waals surface area (Å²) in [7, 11) is -3.78. The van der Waals surface area contributed by atoms with E-state index in [4.69, 9.17) is 0 Å². The lowest BCUT2D eigenvalue weighted by Crippen LogP contribution is -2.30. The van der Waals surface area contributed by atoms with Crippen LogP contribution < -0.4 is 0 Å². The van der Waals surface area contributed by atoms with Gasteiger partial charge in [-0.25, -0.2) is 8.42 Å². The van der Waals surface area contributed by atoms with E-state index >= 15 is 0 Å². The summed E-state index contributed by atoms with van der Waals surface area (Å²) in [4.78, 5) is 0.243. The number of rotatable bonds is 10. The molecule has 0 aliphatic heterocycles. The molecule has 8 heteroatoms. The van der Waals surface area contributed by atoms with Crippen LogP contribution in [-0.4, -0.2) is 33.2 Å². The molecule has 0 spiro atoms. The average Bonchev–Trinajstić information content (AvgIpc) is 3.38. The molecule has 1 aromatic heterocycles. The van der Waals surface area contributed by atoms with Crippen LogP contribution in [0.4, 0.5) is 0 Å².